The van der Waals surface area contributed by atoms with Crippen molar-refractivity contribution in [3.63, 3.8) is 0 Å². The molecule has 2 rings (SSSR count). The van der Waals surface area contributed by atoms with Crippen molar-refractivity contribution >= 4 is 5.97 Å². The number of rotatable bonds is 5. The van der Waals surface area contributed by atoms with Crippen LogP contribution in [0.5, 0.6) is 0 Å². The minimum absolute atomic E-state index is 0.435. The molecule has 1 aromatic carbocycles. The van der Waals surface area contributed by atoms with Crippen LogP contribution in [0, 0.1) is 5.92 Å². The maximum atomic E-state index is 11.2. The normalized spacial score (nSPS) is 27.1. The van der Waals surface area contributed by atoms with Crippen molar-refractivity contribution in [3.8, 4) is 0 Å². The predicted molar refractivity (Wildman–Crippen MR) is 61.7 cm³/mol. The van der Waals surface area contributed by atoms with Gasteiger partial charge in [0.05, 0.1) is 11.3 Å². The largest absolute Gasteiger partial charge is 0.481 e. The zero-order chi connectivity index (χ0) is 12.5. The SMILES string of the molecule is COC(OC)C1(c2ccccc2)CC1C(=O)O. The highest BCUT2D eigenvalue weighted by Crippen LogP contribution is 2.57. The lowest BCUT2D eigenvalue weighted by atomic mass is 9.92. The van der Waals surface area contributed by atoms with Crippen LogP contribution in [0.15, 0.2) is 30.3 Å². The standard InChI is InChI=1S/C13H16O4/c1-16-12(17-2)13(8-10(13)11(14)15)9-6-4-3-5-7-9/h3-7,10,12H,8H2,1-2H3,(H,14,15). The van der Waals surface area contributed by atoms with E-state index >= 15 is 0 Å². The third kappa shape index (κ3) is 1.83. The first-order chi connectivity index (χ1) is 8.16. The molecule has 0 heterocycles. The van der Waals surface area contributed by atoms with Gasteiger partial charge in [-0.15, -0.1) is 0 Å². The highest BCUT2D eigenvalue weighted by molar-refractivity contribution is 5.77. The van der Waals surface area contributed by atoms with E-state index < -0.39 is 23.6 Å². The second-order valence-electron chi connectivity index (χ2n) is 4.30. The smallest absolute Gasteiger partial charge is 0.307 e. The van der Waals surface area contributed by atoms with Crippen LogP contribution in [-0.2, 0) is 19.7 Å². The van der Waals surface area contributed by atoms with E-state index in [-0.39, 0.29) is 0 Å². The summed E-state index contributed by atoms with van der Waals surface area (Å²) in [6, 6.07) is 9.55. The second kappa shape index (κ2) is 4.47. The van der Waals surface area contributed by atoms with Gasteiger partial charge < -0.3 is 14.6 Å². The number of hydrogen-bond donors (Lipinski definition) is 1. The molecule has 92 valence electrons. The van der Waals surface area contributed by atoms with Crippen molar-refractivity contribution in [2.24, 2.45) is 5.92 Å². The minimum atomic E-state index is -0.798. The van der Waals surface area contributed by atoms with Crippen LogP contribution in [0.1, 0.15) is 12.0 Å². The van der Waals surface area contributed by atoms with E-state index in [1.165, 1.54) is 14.2 Å². The molecule has 4 heteroatoms. The number of carbonyl (C=O) groups is 1. The van der Waals surface area contributed by atoms with Gasteiger partial charge in [-0.2, -0.15) is 0 Å². The first kappa shape index (κ1) is 12.1. The molecular weight excluding hydrogens is 220 g/mol. The molecule has 2 unspecified atom stereocenters. The summed E-state index contributed by atoms with van der Waals surface area (Å²) in [7, 11) is 3.08. The van der Waals surface area contributed by atoms with Crippen LogP contribution >= 0.6 is 0 Å². The lowest BCUT2D eigenvalue weighted by molar-refractivity contribution is -0.148. The van der Waals surface area contributed by atoms with Gasteiger partial charge >= 0.3 is 5.97 Å². The van der Waals surface area contributed by atoms with Gasteiger partial charge in [0.25, 0.3) is 0 Å². The van der Waals surface area contributed by atoms with Gasteiger partial charge in [-0.25, -0.2) is 0 Å². The Morgan fingerprint density at radius 1 is 1.35 bits per heavy atom. The average Bonchev–Trinajstić information content (AvgIpc) is 3.09. The van der Waals surface area contributed by atoms with Crippen molar-refractivity contribution < 1.29 is 19.4 Å². The molecule has 0 saturated heterocycles. The summed E-state index contributed by atoms with van der Waals surface area (Å²) in [5.74, 6) is -1.23. The molecule has 1 fully saturated rings. The Labute approximate surface area is 100 Å². The first-order valence-corrected chi connectivity index (χ1v) is 5.50. The summed E-state index contributed by atoms with van der Waals surface area (Å²) in [5.41, 5.74) is 0.414. The summed E-state index contributed by atoms with van der Waals surface area (Å²) < 4.78 is 10.6. The fourth-order valence-electron chi connectivity index (χ4n) is 2.57. The molecule has 2 atom stereocenters. The Kier molecular flexibility index (Phi) is 3.17. The Balaban J connectivity index is 2.37. The lowest BCUT2D eigenvalue weighted by Gasteiger charge is -2.25. The van der Waals surface area contributed by atoms with Crippen LogP contribution in [0.2, 0.25) is 0 Å². The summed E-state index contributed by atoms with van der Waals surface area (Å²) in [4.78, 5) is 11.2. The lowest BCUT2D eigenvalue weighted by Crippen LogP contribution is -2.33. The van der Waals surface area contributed by atoms with E-state index in [1.54, 1.807) is 0 Å². The van der Waals surface area contributed by atoms with E-state index in [1.807, 2.05) is 30.3 Å². The van der Waals surface area contributed by atoms with Crippen LogP contribution < -0.4 is 0 Å². The molecule has 1 aliphatic rings. The number of ether oxygens (including phenoxy) is 2. The molecular formula is C13H16O4. The molecule has 0 aliphatic heterocycles. The number of carboxylic acid groups (broad SMARTS) is 1. The summed E-state index contributed by atoms with van der Waals surface area (Å²) >= 11 is 0. The van der Waals surface area contributed by atoms with Gasteiger partial charge in [0.2, 0.25) is 0 Å². The number of benzene rings is 1. The molecule has 0 aromatic heterocycles. The van der Waals surface area contributed by atoms with Crippen LogP contribution in [0.3, 0.4) is 0 Å². The van der Waals surface area contributed by atoms with Crippen molar-refractivity contribution in [1.29, 1.82) is 0 Å². The van der Waals surface area contributed by atoms with E-state index in [0.29, 0.717) is 6.42 Å². The van der Waals surface area contributed by atoms with Crippen molar-refractivity contribution in [3.05, 3.63) is 35.9 Å². The number of hydrogen-bond acceptors (Lipinski definition) is 3. The zero-order valence-corrected chi connectivity index (χ0v) is 9.92. The molecule has 17 heavy (non-hydrogen) atoms. The molecule has 0 amide bonds. The monoisotopic (exact) mass is 236 g/mol. The molecule has 0 bridgehead atoms. The van der Waals surface area contributed by atoms with Gasteiger partial charge in [0.1, 0.15) is 0 Å². The molecule has 1 aliphatic carbocycles. The first-order valence-electron chi connectivity index (χ1n) is 5.50. The van der Waals surface area contributed by atoms with Gasteiger partial charge in [-0.1, -0.05) is 30.3 Å². The Morgan fingerprint density at radius 2 is 1.94 bits per heavy atom. The molecule has 1 N–H and O–H groups in total. The maximum absolute atomic E-state index is 11.2. The number of carboxylic acids is 1. The summed E-state index contributed by atoms with van der Waals surface area (Å²) in [6.07, 6.45) is 0.0320. The summed E-state index contributed by atoms with van der Waals surface area (Å²) in [5, 5.41) is 9.18. The van der Waals surface area contributed by atoms with Crippen LogP contribution in [0.25, 0.3) is 0 Å². The van der Waals surface area contributed by atoms with Gasteiger partial charge in [-0.05, 0) is 12.0 Å². The highest BCUT2D eigenvalue weighted by atomic mass is 16.7. The average molecular weight is 236 g/mol. The summed E-state index contributed by atoms with van der Waals surface area (Å²) in [6.45, 7) is 0. The zero-order valence-electron chi connectivity index (χ0n) is 9.92. The number of methoxy groups -OCH3 is 2. The predicted octanol–water partition coefficient (Wildman–Crippen LogP) is 1.65. The topological polar surface area (TPSA) is 55.8 Å². The molecule has 0 spiro atoms. The van der Waals surface area contributed by atoms with E-state index in [4.69, 9.17) is 9.47 Å². The fourth-order valence-corrected chi connectivity index (χ4v) is 2.57. The van der Waals surface area contributed by atoms with Crippen molar-refractivity contribution in [2.75, 3.05) is 14.2 Å². The van der Waals surface area contributed by atoms with Crippen LogP contribution in [-0.4, -0.2) is 31.6 Å². The maximum Gasteiger partial charge on any atom is 0.307 e. The van der Waals surface area contributed by atoms with E-state index in [9.17, 15) is 9.90 Å². The van der Waals surface area contributed by atoms with Crippen molar-refractivity contribution in [2.45, 2.75) is 18.1 Å². The number of aliphatic carboxylic acids is 1. The van der Waals surface area contributed by atoms with E-state index in [2.05, 4.69) is 0 Å². The van der Waals surface area contributed by atoms with E-state index in [0.717, 1.165) is 5.56 Å². The third-order valence-electron chi connectivity index (χ3n) is 3.46. The third-order valence-corrected chi connectivity index (χ3v) is 3.46. The fraction of sp³-hybridized carbons (Fsp3) is 0.462. The molecule has 1 aromatic rings. The molecule has 1 saturated carbocycles. The Bertz CT molecular complexity index is 399. The quantitative estimate of drug-likeness (QED) is 0.790. The minimum Gasteiger partial charge on any atom is -0.481 e. The second-order valence-corrected chi connectivity index (χ2v) is 4.30. The molecule has 4 nitrogen and oxygen atoms in total. The van der Waals surface area contributed by atoms with Crippen molar-refractivity contribution in [1.82, 2.24) is 0 Å². The van der Waals surface area contributed by atoms with Crippen LogP contribution in [0.4, 0.5) is 0 Å². The van der Waals surface area contributed by atoms with Gasteiger partial charge in [0, 0.05) is 14.2 Å². The van der Waals surface area contributed by atoms with Gasteiger partial charge in [-0.3, -0.25) is 4.79 Å². The Morgan fingerprint density at radius 3 is 2.35 bits per heavy atom. The highest BCUT2D eigenvalue weighted by Gasteiger charge is 2.65. The Hall–Kier alpha value is -1.39. The van der Waals surface area contributed by atoms with Gasteiger partial charge in [0.15, 0.2) is 6.29 Å². The molecule has 0 radical (unpaired) electrons.